The first-order valence-electron chi connectivity index (χ1n) is 10.2. The molecule has 0 aromatic heterocycles. The number of para-hydroxylation sites is 2. The fourth-order valence-electron chi connectivity index (χ4n) is 4.17. The van der Waals surface area contributed by atoms with Crippen molar-refractivity contribution in [3.05, 3.63) is 24.3 Å². The van der Waals surface area contributed by atoms with Crippen LogP contribution in [0.15, 0.2) is 24.3 Å². The molecule has 0 bridgehead atoms. The molecule has 1 aromatic rings. The summed E-state index contributed by atoms with van der Waals surface area (Å²) in [7, 11) is 0. The summed E-state index contributed by atoms with van der Waals surface area (Å²) < 4.78 is 5.43. The molecule has 2 amide bonds. The number of nitrogens with one attached hydrogen (secondary N) is 1. The Labute approximate surface area is 160 Å². The maximum Gasteiger partial charge on any atom is 0.227 e. The maximum absolute atomic E-state index is 12.8. The largest absolute Gasteiger partial charge is 0.378 e. The number of hydrogen-bond acceptors (Lipinski definition) is 4. The van der Waals surface area contributed by atoms with Crippen molar-refractivity contribution >= 4 is 23.2 Å². The van der Waals surface area contributed by atoms with Crippen LogP contribution >= 0.6 is 0 Å². The van der Waals surface area contributed by atoms with Crippen LogP contribution in [0.2, 0.25) is 0 Å². The van der Waals surface area contributed by atoms with E-state index >= 15 is 0 Å². The van der Waals surface area contributed by atoms with Gasteiger partial charge in [-0.2, -0.15) is 0 Å². The Hall–Kier alpha value is -2.08. The number of carbonyl (C=O) groups is 2. The van der Waals surface area contributed by atoms with Crippen molar-refractivity contribution in [2.75, 3.05) is 49.6 Å². The molecule has 4 rings (SSSR count). The summed E-state index contributed by atoms with van der Waals surface area (Å²) in [6.45, 7) is 4.53. The Balaban J connectivity index is 1.34. The van der Waals surface area contributed by atoms with Crippen LogP contribution < -0.4 is 10.2 Å². The molecule has 0 radical (unpaired) electrons. The van der Waals surface area contributed by atoms with Gasteiger partial charge in [0.25, 0.3) is 0 Å². The van der Waals surface area contributed by atoms with E-state index in [1.807, 2.05) is 23.1 Å². The van der Waals surface area contributed by atoms with Gasteiger partial charge in [-0.3, -0.25) is 9.59 Å². The third-order valence-electron chi connectivity index (χ3n) is 6.15. The number of nitrogens with zero attached hydrogens (tertiary/aromatic N) is 2. The molecule has 1 saturated carbocycles. The molecule has 0 atom stereocenters. The number of likely N-dealkylation sites (tertiary alicyclic amines) is 1. The van der Waals surface area contributed by atoms with Gasteiger partial charge in [0.05, 0.1) is 24.6 Å². The Bertz CT molecular complexity index is 675. The lowest BCUT2D eigenvalue weighted by Crippen LogP contribution is -2.45. The molecular formula is C21H29N3O3. The van der Waals surface area contributed by atoms with E-state index in [1.54, 1.807) is 0 Å². The van der Waals surface area contributed by atoms with Crippen molar-refractivity contribution in [2.45, 2.75) is 32.1 Å². The predicted octanol–water partition coefficient (Wildman–Crippen LogP) is 2.50. The first kappa shape index (κ1) is 18.3. The van der Waals surface area contributed by atoms with Gasteiger partial charge < -0.3 is 19.9 Å². The Morgan fingerprint density at radius 2 is 1.63 bits per heavy atom. The van der Waals surface area contributed by atoms with Crippen LogP contribution in [-0.2, 0) is 14.3 Å². The quantitative estimate of drug-likeness (QED) is 0.883. The van der Waals surface area contributed by atoms with Crippen LogP contribution in [0.1, 0.15) is 32.1 Å². The average Bonchev–Trinajstić information content (AvgIpc) is 2.68. The first-order chi connectivity index (χ1) is 13.2. The number of piperidine rings is 1. The number of amides is 2. The predicted molar refractivity (Wildman–Crippen MR) is 105 cm³/mol. The van der Waals surface area contributed by atoms with Gasteiger partial charge in [0.2, 0.25) is 11.8 Å². The Morgan fingerprint density at radius 3 is 2.30 bits per heavy atom. The highest BCUT2D eigenvalue weighted by molar-refractivity contribution is 5.96. The summed E-state index contributed by atoms with van der Waals surface area (Å²) in [5.41, 5.74) is 1.93. The number of benzene rings is 1. The van der Waals surface area contributed by atoms with Gasteiger partial charge in [0.1, 0.15) is 0 Å². The lowest BCUT2D eigenvalue weighted by atomic mass is 9.83. The molecule has 27 heavy (non-hydrogen) atoms. The fourth-order valence-corrected chi connectivity index (χ4v) is 4.17. The number of morpholine rings is 1. The molecule has 0 unspecified atom stereocenters. The fraction of sp³-hybridized carbons (Fsp3) is 0.619. The average molecular weight is 371 g/mol. The lowest BCUT2D eigenvalue weighted by molar-refractivity contribution is -0.140. The van der Waals surface area contributed by atoms with E-state index in [9.17, 15) is 9.59 Å². The smallest absolute Gasteiger partial charge is 0.227 e. The maximum atomic E-state index is 12.8. The standard InChI is InChI=1S/C21H29N3O3/c25-20(16-8-10-24(11-9-16)21(26)17-4-3-5-17)22-18-6-1-2-7-19(18)23-12-14-27-15-13-23/h1-2,6-7,16-17H,3-5,8-15H2,(H,22,25). The van der Waals surface area contributed by atoms with E-state index in [0.717, 1.165) is 63.4 Å². The van der Waals surface area contributed by atoms with Crippen LogP contribution in [-0.4, -0.2) is 56.1 Å². The van der Waals surface area contributed by atoms with Crippen molar-refractivity contribution in [1.29, 1.82) is 0 Å². The third kappa shape index (κ3) is 4.10. The van der Waals surface area contributed by atoms with E-state index in [2.05, 4.69) is 16.3 Å². The molecular weight excluding hydrogens is 342 g/mol. The van der Waals surface area contributed by atoms with Gasteiger partial charge in [0.15, 0.2) is 0 Å². The van der Waals surface area contributed by atoms with E-state index in [0.29, 0.717) is 19.0 Å². The highest BCUT2D eigenvalue weighted by Crippen LogP contribution is 2.31. The molecule has 2 saturated heterocycles. The van der Waals surface area contributed by atoms with Crippen molar-refractivity contribution < 1.29 is 14.3 Å². The number of hydrogen-bond donors (Lipinski definition) is 1. The van der Waals surface area contributed by atoms with Crippen LogP contribution in [0.3, 0.4) is 0 Å². The molecule has 3 aliphatic rings. The van der Waals surface area contributed by atoms with E-state index in [4.69, 9.17) is 4.74 Å². The van der Waals surface area contributed by atoms with Gasteiger partial charge in [-0.25, -0.2) is 0 Å². The molecule has 2 heterocycles. The zero-order valence-electron chi connectivity index (χ0n) is 15.9. The summed E-state index contributed by atoms with van der Waals surface area (Å²) in [5, 5.41) is 3.14. The molecule has 2 aliphatic heterocycles. The summed E-state index contributed by atoms with van der Waals surface area (Å²) in [6.07, 6.45) is 4.76. The van der Waals surface area contributed by atoms with Crippen LogP contribution in [0.5, 0.6) is 0 Å². The number of rotatable bonds is 4. The van der Waals surface area contributed by atoms with Crippen LogP contribution in [0.25, 0.3) is 0 Å². The summed E-state index contributed by atoms with van der Waals surface area (Å²) in [6, 6.07) is 7.99. The number of anilines is 2. The molecule has 1 N–H and O–H groups in total. The molecule has 6 heteroatoms. The SMILES string of the molecule is O=C(Nc1ccccc1N1CCOCC1)C1CCN(C(=O)C2CCC2)CC1. The van der Waals surface area contributed by atoms with Gasteiger partial charge in [-0.15, -0.1) is 0 Å². The second-order valence-electron chi connectivity index (χ2n) is 7.83. The topological polar surface area (TPSA) is 61.9 Å². The minimum atomic E-state index is -0.0202. The third-order valence-corrected chi connectivity index (χ3v) is 6.15. The van der Waals surface area contributed by atoms with E-state index in [-0.39, 0.29) is 17.7 Å². The summed E-state index contributed by atoms with van der Waals surface area (Å²) >= 11 is 0. The first-order valence-corrected chi connectivity index (χ1v) is 10.2. The van der Waals surface area contributed by atoms with Gasteiger partial charge in [-0.05, 0) is 37.8 Å². The van der Waals surface area contributed by atoms with E-state index in [1.165, 1.54) is 6.42 Å². The number of ether oxygens (including phenoxy) is 1. The zero-order chi connectivity index (χ0) is 18.6. The monoisotopic (exact) mass is 371 g/mol. The minimum Gasteiger partial charge on any atom is -0.378 e. The zero-order valence-corrected chi connectivity index (χ0v) is 15.9. The summed E-state index contributed by atoms with van der Waals surface area (Å²) in [5.74, 6) is 0.605. The normalized spacial score (nSPS) is 21.6. The molecule has 6 nitrogen and oxygen atoms in total. The minimum absolute atomic E-state index is 0.0202. The van der Waals surface area contributed by atoms with E-state index < -0.39 is 0 Å². The molecule has 1 aromatic carbocycles. The Morgan fingerprint density at radius 1 is 0.926 bits per heavy atom. The molecule has 0 spiro atoms. The second kappa shape index (κ2) is 8.30. The van der Waals surface area contributed by atoms with Crippen molar-refractivity contribution in [3.63, 3.8) is 0 Å². The van der Waals surface area contributed by atoms with Crippen LogP contribution in [0.4, 0.5) is 11.4 Å². The number of carbonyl (C=O) groups excluding carboxylic acids is 2. The van der Waals surface area contributed by atoms with Crippen molar-refractivity contribution in [3.8, 4) is 0 Å². The van der Waals surface area contributed by atoms with Crippen molar-refractivity contribution in [1.82, 2.24) is 4.90 Å². The van der Waals surface area contributed by atoms with Crippen LogP contribution in [0, 0.1) is 11.8 Å². The van der Waals surface area contributed by atoms with Gasteiger partial charge >= 0.3 is 0 Å². The Kier molecular flexibility index (Phi) is 5.62. The van der Waals surface area contributed by atoms with Crippen molar-refractivity contribution in [2.24, 2.45) is 11.8 Å². The lowest BCUT2D eigenvalue weighted by Gasteiger charge is -2.36. The second-order valence-corrected chi connectivity index (χ2v) is 7.83. The molecule has 146 valence electrons. The highest BCUT2D eigenvalue weighted by Gasteiger charge is 2.33. The molecule has 3 fully saturated rings. The van der Waals surface area contributed by atoms with Gasteiger partial charge in [0, 0.05) is 38.0 Å². The highest BCUT2D eigenvalue weighted by atomic mass is 16.5. The molecule has 1 aliphatic carbocycles. The summed E-state index contributed by atoms with van der Waals surface area (Å²) in [4.78, 5) is 29.4. The van der Waals surface area contributed by atoms with Gasteiger partial charge in [-0.1, -0.05) is 18.6 Å².